The Hall–Kier alpha value is -1.15. The van der Waals surface area contributed by atoms with Crippen molar-refractivity contribution in [2.24, 2.45) is 0 Å². The van der Waals surface area contributed by atoms with Crippen LogP contribution in [0.2, 0.25) is 0 Å². The number of nitrogens with zero attached hydrogens (tertiary/aromatic N) is 2. The molecule has 3 heteroatoms. The first-order valence-electron chi connectivity index (χ1n) is 5.51. The van der Waals surface area contributed by atoms with E-state index in [2.05, 4.69) is 59.6 Å². The fourth-order valence-electron chi connectivity index (χ4n) is 1.87. The maximum absolute atomic E-state index is 2.35. The van der Waals surface area contributed by atoms with Gasteiger partial charge < -0.3 is 9.80 Å². The predicted molar refractivity (Wildman–Crippen MR) is 70.5 cm³/mol. The molecule has 0 atom stereocenters. The molecule has 0 radical (unpaired) electrons. The van der Waals surface area contributed by atoms with E-state index in [1.165, 1.54) is 18.4 Å². The van der Waals surface area contributed by atoms with Crippen LogP contribution in [0.25, 0.3) is 0 Å². The third-order valence-electron chi connectivity index (χ3n) is 2.69. The highest BCUT2D eigenvalue weighted by molar-refractivity contribution is 5.85. The summed E-state index contributed by atoms with van der Waals surface area (Å²) in [5.74, 6) is 0. The fourth-order valence-corrected chi connectivity index (χ4v) is 1.87. The Bertz CT molecular complexity index is 324. The van der Waals surface area contributed by atoms with E-state index in [-0.39, 0.29) is 12.4 Å². The molecule has 0 aliphatic carbocycles. The summed E-state index contributed by atoms with van der Waals surface area (Å²) in [6.45, 7) is 2.19. The summed E-state index contributed by atoms with van der Waals surface area (Å²) in [4.78, 5) is 4.55. The molecular formula is C13H19ClN2. The molecule has 0 fully saturated rings. The van der Waals surface area contributed by atoms with Crippen LogP contribution >= 0.6 is 12.4 Å². The van der Waals surface area contributed by atoms with Crippen molar-refractivity contribution < 1.29 is 0 Å². The van der Waals surface area contributed by atoms with Crippen molar-refractivity contribution in [3.8, 4) is 0 Å². The van der Waals surface area contributed by atoms with Crippen LogP contribution in [0, 0.1) is 0 Å². The van der Waals surface area contributed by atoms with Crippen molar-refractivity contribution in [3.05, 3.63) is 48.3 Å². The summed E-state index contributed by atoms with van der Waals surface area (Å²) in [5, 5.41) is 0. The van der Waals surface area contributed by atoms with Crippen LogP contribution < -0.4 is 0 Å². The molecular weight excluding hydrogens is 220 g/mol. The Balaban J connectivity index is 0.00000128. The molecule has 1 aromatic carbocycles. The zero-order chi connectivity index (χ0) is 10.5. The first kappa shape index (κ1) is 12.9. The molecule has 2 nitrogen and oxygen atoms in total. The number of benzene rings is 1. The van der Waals surface area contributed by atoms with Crippen molar-refractivity contribution in [3.63, 3.8) is 0 Å². The van der Waals surface area contributed by atoms with Gasteiger partial charge in [-0.2, -0.15) is 0 Å². The van der Waals surface area contributed by atoms with Gasteiger partial charge in [-0.15, -0.1) is 12.4 Å². The lowest BCUT2D eigenvalue weighted by molar-refractivity contribution is 0.294. The summed E-state index contributed by atoms with van der Waals surface area (Å²) in [7, 11) is 2.10. The van der Waals surface area contributed by atoms with Gasteiger partial charge in [0.25, 0.3) is 0 Å². The maximum Gasteiger partial charge on any atom is 0.0890 e. The molecule has 0 N–H and O–H groups in total. The molecule has 16 heavy (non-hydrogen) atoms. The van der Waals surface area contributed by atoms with Gasteiger partial charge in [0, 0.05) is 26.0 Å². The number of aryl methyl sites for hydroxylation is 1. The SMILES string of the molecule is CN1C=CN(CCCc2ccccc2)C1.Cl. The lowest BCUT2D eigenvalue weighted by Gasteiger charge is -2.17. The third-order valence-corrected chi connectivity index (χ3v) is 2.69. The Morgan fingerprint density at radius 1 is 1.12 bits per heavy atom. The molecule has 0 aromatic heterocycles. The third kappa shape index (κ3) is 3.78. The second-order valence-corrected chi connectivity index (χ2v) is 4.10. The first-order chi connectivity index (χ1) is 7.34. The Morgan fingerprint density at radius 2 is 1.88 bits per heavy atom. The van der Waals surface area contributed by atoms with E-state index in [4.69, 9.17) is 0 Å². The second kappa shape index (κ2) is 6.44. The zero-order valence-corrected chi connectivity index (χ0v) is 10.5. The minimum Gasteiger partial charge on any atom is -0.362 e. The summed E-state index contributed by atoms with van der Waals surface area (Å²) < 4.78 is 0. The molecule has 0 saturated carbocycles. The van der Waals surface area contributed by atoms with E-state index < -0.39 is 0 Å². The zero-order valence-electron chi connectivity index (χ0n) is 9.67. The molecule has 0 bridgehead atoms. The number of rotatable bonds is 4. The molecule has 0 amide bonds. The Kier molecular flexibility index (Phi) is 5.20. The topological polar surface area (TPSA) is 6.48 Å². The van der Waals surface area contributed by atoms with Gasteiger partial charge in [-0.1, -0.05) is 30.3 Å². The summed E-state index contributed by atoms with van der Waals surface area (Å²) in [6, 6.07) is 10.7. The van der Waals surface area contributed by atoms with Crippen LogP contribution in [-0.2, 0) is 6.42 Å². The van der Waals surface area contributed by atoms with Crippen LogP contribution in [0.1, 0.15) is 12.0 Å². The molecule has 0 spiro atoms. The van der Waals surface area contributed by atoms with Crippen LogP contribution in [0.5, 0.6) is 0 Å². The van der Waals surface area contributed by atoms with Crippen molar-refractivity contribution in [2.45, 2.75) is 12.8 Å². The van der Waals surface area contributed by atoms with Crippen LogP contribution in [-0.4, -0.2) is 30.1 Å². The molecule has 0 unspecified atom stereocenters. The molecule has 1 aliphatic heterocycles. The quantitative estimate of drug-likeness (QED) is 0.796. The summed E-state index contributed by atoms with van der Waals surface area (Å²) in [6.07, 6.45) is 6.70. The molecule has 1 aromatic rings. The molecule has 88 valence electrons. The number of halogens is 1. The normalized spacial score (nSPS) is 14.1. The van der Waals surface area contributed by atoms with Gasteiger partial charge in [0.2, 0.25) is 0 Å². The van der Waals surface area contributed by atoms with Gasteiger partial charge >= 0.3 is 0 Å². The minimum atomic E-state index is 0. The number of hydrogen-bond acceptors (Lipinski definition) is 2. The summed E-state index contributed by atoms with van der Waals surface area (Å²) >= 11 is 0. The van der Waals surface area contributed by atoms with Crippen molar-refractivity contribution >= 4 is 12.4 Å². The van der Waals surface area contributed by atoms with E-state index in [9.17, 15) is 0 Å². The monoisotopic (exact) mass is 238 g/mol. The lowest BCUT2D eigenvalue weighted by atomic mass is 10.1. The smallest absolute Gasteiger partial charge is 0.0890 e. The van der Waals surface area contributed by atoms with Gasteiger partial charge in [-0.05, 0) is 18.4 Å². The van der Waals surface area contributed by atoms with E-state index in [1.807, 2.05) is 0 Å². The van der Waals surface area contributed by atoms with Crippen molar-refractivity contribution in [1.29, 1.82) is 0 Å². The largest absolute Gasteiger partial charge is 0.362 e. The second-order valence-electron chi connectivity index (χ2n) is 4.10. The van der Waals surface area contributed by atoms with Crippen LogP contribution in [0.3, 0.4) is 0 Å². The number of hydrogen-bond donors (Lipinski definition) is 0. The predicted octanol–water partition coefficient (Wildman–Crippen LogP) is 2.72. The van der Waals surface area contributed by atoms with E-state index in [0.717, 1.165) is 13.2 Å². The fraction of sp³-hybridized carbons (Fsp3) is 0.385. The highest BCUT2D eigenvalue weighted by Crippen LogP contribution is 2.07. The average molecular weight is 239 g/mol. The van der Waals surface area contributed by atoms with Gasteiger partial charge in [0.15, 0.2) is 0 Å². The minimum absolute atomic E-state index is 0. The average Bonchev–Trinajstić information content (AvgIpc) is 2.66. The Morgan fingerprint density at radius 3 is 2.50 bits per heavy atom. The lowest BCUT2D eigenvalue weighted by Crippen LogP contribution is -2.23. The van der Waals surface area contributed by atoms with Gasteiger partial charge in [-0.3, -0.25) is 0 Å². The molecule has 1 heterocycles. The standard InChI is InChI=1S/C13H18N2.ClH/c1-14-10-11-15(12-14)9-5-8-13-6-3-2-4-7-13;/h2-4,6-7,10-11H,5,8-9,12H2,1H3;1H. The molecule has 1 aliphatic rings. The van der Waals surface area contributed by atoms with Crippen molar-refractivity contribution in [2.75, 3.05) is 20.3 Å². The van der Waals surface area contributed by atoms with E-state index >= 15 is 0 Å². The molecule has 0 saturated heterocycles. The van der Waals surface area contributed by atoms with Gasteiger partial charge in [-0.25, -0.2) is 0 Å². The molecule has 2 rings (SSSR count). The highest BCUT2D eigenvalue weighted by Gasteiger charge is 2.06. The Labute approximate surface area is 104 Å². The van der Waals surface area contributed by atoms with Crippen LogP contribution in [0.4, 0.5) is 0 Å². The van der Waals surface area contributed by atoms with E-state index in [1.54, 1.807) is 0 Å². The van der Waals surface area contributed by atoms with Gasteiger partial charge in [0.1, 0.15) is 0 Å². The van der Waals surface area contributed by atoms with Gasteiger partial charge in [0.05, 0.1) is 6.67 Å². The first-order valence-corrected chi connectivity index (χ1v) is 5.51. The van der Waals surface area contributed by atoms with Crippen LogP contribution in [0.15, 0.2) is 42.7 Å². The maximum atomic E-state index is 2.35. The summed E-state index contributed by atoms with van der Waals surface area (Å²) in [5.41, 5.74) is 1.44. The highest BCUT2D eigenvalue weighted by atomic mass is 35.5. The van der Waals surface area contributed by atoms with E-state index in [0.29, 0.717) is 0 Å². The van der Waals surface area contributed by atoms with Crippen molar-refractivity contribution in [1.82, 2.24) is 9.80 Å².